The second-order valence-electron chi connectivity index (χ2n) is 4.16. The van der Waals surface area contributed by atoms with Crippen LogP contribution in [0.25, 0.3) is 0 Å². The fourth-order valence-corrected chi connectivity index (χ4v) is 2.07. The highest BCUT2D eigenvalue weighted by atomic mass is 19.1. The molecule has 2 rings (SSSR count). The molecule has 1 fully saturated rings. The van der Waals surface area contributed by atoms with Gasteiger partial charge in [-0.25, -0.2) is 4.39 Å². The first-order valence-electron chi connectivity index (χ1n) is 5.34. The Morgan fingerprint density at radius 1 is 1.40 bits per heavy atom. The van der Waals surface area contributed by atoms with Crippen LogP contribution < -0.4 is 0 Å². The summed E-state index contributed by atoms with van der Waals surface area (Å²) in [5.74, 6) is -0.201. The van der Waals surface area contributed by atoms with E-state index in [1.54, 1.807) is 0 Å². The zero-order valence-electron chi connectivity index (χ0n) is 8.86. The lowest BCUT2D eigenvalue weighted by Gasteiger charge is -2.24. The van der Waals surface area contributed by atoms with Gasteiger partial charge < -0.3 is 5.11 Å². The van der Waals surface area contributed by atoms with Crippen molar-refractivity contribution in [1.29, 1.82) is 0 Å². The van der Waals surface area contributed by atoms with Crippen LogP contribution in [-0.4, -0.2) is 29.2 Å². The number of aliphatic hydroxyl groups is 1. The van der Waals surface area contributed by atoms with Gasteiger partial charge in [0.05, 0.1) is 6.10 Å². The van der Waals surface area contributed by atoms with Crippen LogP contribution in [0.3, 0.4) is 0 Å². The van der Waals surface area contributed by atoms with Crippen molar-refractivity contribution in [1.82, 2.24) is 4.90 Å². The van der Waals surface area contributed by atoms with E-state index in [2.05, 4.69) is 11.8 Å². The second-order valence-corrected chi connectivity index (χ2v) is 4.16. The maximum atomic E-state index is 12.7. The van der Waals surface area contributed by atoms with Gasteiger partial charge in [0.25, 0.3) is 0 Å². The van der Waals surface area contributed by atoms with E-state index in [0.717, 1.165) is 25.1 Å². The summed E-state index contributed by atoms with van der Waals surface area (Å²) in [4.78, 5) is 2.22. The van der Waals surface area contributed by atoms with E-state index in [1.165, 1.54) is 12.1 Å². The van der Waals surface area contributed by atoms with Crippen molar-refractivity contribution in [2.45, 2.75) is 25.5 Å². The minimum absolute atomic E-state index is 0.201. The Balaban J connectivity index is 2.07. The summed E-state index contributed by atoms with van der Waals surface area (Å²) in [6.07, 6.45) is 0.638. The van der Waals surface area contributed by atoms with Gasteiger partial charge in [-0.15, -0.1) is 0 Å². The molecule has 0 aliphatic carbocycles. The lowest BCUT2D eigenvalue weighted by atomic mass is 10.1. The van der Waals surface area contributed by atoms with E-state index < -0.39 is 0 Å². The number of likely N-dealkylation sites (tertiary alicyclic amines) is 1. The Kier molecular flexibility index (Phi) is 3.03. The third-order valence-corrected chi connectivity index (χ3v) is 3.09. The van der Waals surface area contributed by atoms with Gasteiger partial charge in [-0.2, -0.15) is 0 Å². The first-order valence-corrected chi connectivity index (χ1v) is 5.34. The monoisotopic (exact) mass is 209 g/mol. The molecule has 1 aromatic carbocycles. The Hall–Kier alpha value is -0.930. The van der Waals surface area contributed by atoms with E-state index in [-0.39, 0.29) is 18.0 Å². The molecule has 2 atom stereocenters. The van der Waals surface area contributed by atoms with Gasteiger partial charge in [0.15, 0.2) is 0 Å². The van der Waals surface area contributed by atoms with Gasteiger partial charge >= 0.3 is 0 Å². The summed E-state index contributed by atoms with van der Waals surface area (Å²) in [5.41, 5.74) is 1.10. The number of benzene rings is 1. The molecular weight excluding hydrogens is 193 g/mol. The molecule has 1 saturated heterocycles. The molecule has 0 spiro atoms. The molecule has 1 aliphatic rings. The van der Waals surface area contributed by atoms with Crippen LogP contribution in [-0.2, 0) is 0 Å². The number of nitrogens with zero attached hydrogens (tertiary/aromatic N) is 1. The summed E-state index contributed by atoms with van der Waals surface area (Å²) < 4.78 is 12.7. The summed E-state index contributed by atoms with van der Waals surface area (Å²) in [7, 11) is 0. The Labute approximate surface area is 89.3 Å². The summed E-state index contributed by atoms with van der Waals surface area (Å²) in [5, 5.41) is 9.44. The van der Waals surface area contributed by atoms with E-state index in [4.69, 9.17) is 0 Å². The van der Waals surface area contributed by atoms with Crippen LogP contribution in [0.5, 0.6) is 0 Å². The molecule has 3 heteroatoms. The lowest BCUT2D eigenvalue weighted by Crippen LogP contribution is -2.25. The van der Waals surface area contributed by atoms with Gasteiger partial charge in [0.2, 0.25) is 0 Å². The molecule has 0 bridgehead atoms. The first kappa shape index (κ1) is 10.6. The molecule has 0 saturated carbocycles. The second kappa shape index (κ2) is 4.29. The third-order valence-electron chi connectivity index (χ3n) is 3.09. The van der Waals surface area contributed by atoms with Crippen molar-refractivity contribution >= 4 is 0 Å². The number of hydrogen-bond donors (Lipinski definition) is 1. The predicted molar refractivity (Wildman–Crippen MR) is 57.0 cm³/mol. The molecule has 0 radical (unpaired) electrons. The zero-order valence-corrected chi connectivity index (χ0v) is 8.86. The summed E-state index contributed by atoms with van der Waals surface area (Å²) in [6.45, 7) is 3.73. The standard InChI is InChI=1S/C12H16FNO/c1-9(14-7-6-12(15)8-14)10-2-4-11(13)5-3-10/h2-5,9,12,15H,6-8H2,1H3/t9?,12-/m0/s1. The van der Waals surface area contributed by atoms with Crippen molar-refractivity contribution < 1.29 is 9.50 Å². The van der Waals surface area contributed by atoms with Crippen LogP contribution >= 0.6 is 0 Å². The van der Waals surface area contributed by atoms with Crippen molar-refractivity contribution in [3.05, 3.63) is 35.6 Å². The molecule has 15 heavy (non-hydrogen) atoms. The largest absolute Gasteiger partial charge is 0.392 e. The highest BCUT2D eigenvalue weighted by Crippen LogP contribution is 2.24. The molecular formula is C12H16FNO. The van der Waals surface area contributed by atoms with Crippen molar-refractivity contribution in [2.24, 2.45) is 0 Å². The Morgan fingerprint density at radius 3 is 2.60 bits per heavy atom. The van der Waals surface area contributed by atoms with Gasteiger partial charge in [-0.05, 0) is 31.0 Å². The Morgan fingerprint density at radius 2 is 2.07 bits per heavy atom. The average Bonchev–Trinajstić information content (AvgIpc) is 2.65. The highest BCUT2D eigenvalue weighted by molar-refractivity contribution is 5.19. The van der Waals surface area contributed by atoms with Crippen molar-refractivity contribution in [2.75, 3.05) is 13.1 Å². The third kappa shape index (κ3) is 2.36. The molecule has 1 aliphatic heterocycles. The van der Waals surface area contributed by atoms with Crippen LogP contribution in [0.4, 0.5) is 4.39 Å². The minimum Gasteiger partial charge on any atom is -0.392 e. The van der Waals surface area contributed by atoms with E-state index in [0.29, 0.717) is 0 Å². The number of aliphatic hydroxyl groups excluding tert-OH is 1. The van der Waals surface area contributed by atoms with Crippen LogP contribution in [0.2, 0.25) is 0 Å². The molecule has 82 valence electrons. The lowest BCUT2D eigenvalue weighted by molar-refractivity contribution is 0.163. The minimum atomic E-state index is -0.201. The van der Waals surface area contributed by atoms with Crippen LogP contribution in [0.1, 0.15) is 24.9 Å². The van der Waals surface area contributed by atoms with E-state index in [9.17, 15) is 9.50 Å². The molecule has 1 aromatic rings. The van der Waals surface area contributed by atoms with Crippen molar-refractivity contribution in [3.63, 3.8) is 0 Å². The van der Waals surface area contributed by atoms with Gasteiger partial charge in [-0.3, -0.25) is 4.90 Å². The maximum absolute atomic E-state index is 12.7. The fourth-order valence-electron chi connectivity index (χ4n) is 2.07. The zero-order chi connectivity index (χ0) is 10.8. The number of rotatable bonds is 2. The number of halogens is 1. The van der Waals surface area contributed by atoms with Gasteiger partial charge in [0.1, 0.15) is 5.82 Å². The van der Waals surface area contributed by atoms with E-state index in [1.807, 2.05) is 12.1 Å². The molecule has 0 aromatic heterocycles. The molecule has 1 N–H and O–H groups in total. The number of hydrogen-bond acceptors (Lipinski definition) is 2. The van der Waals surface area contributed by atoms with Crippen LogP contribution in [0, 0.1) is 5.82 Å². The number of β-amino-alcohol motifs (C(OH)–C–C–N with tert-alkyl or cyclic N) is 1. The average molecular weight is 209 g/mol. The van der Waals surface area contributed by atoms with Gasteiger partial charge in [-0.1, -0.05) is 12.1 Å². The molecule has 1 unspecified atom stereocenters. The van der Waals surface area contributed by atoms with Gasteiger partial charge in [0, 0.05) is 19.1 Å². The fraction of sp³-hybridized carbons (Fsp3) is 0.500. The quantitative estimate of drug-likeness (QED) is 0.804. The highest BCUT2D eigenvalue weighted by Gasteiger charge is 2.24. The van der Waals surface area contributed by atoms with Crippen molar-refractivity contribution in [3.8, 4) is 0 Å². The van der Waals surface area contributed by atoms with Crippen LogP contribution in [0.15, 0.2) is 24.3 Å². The summed E-state index contributed by atoms with van der Waals surface area (Å²) in [6, 6.07) is 6.84. The summed E-state index contributed by atoms with van der Waals surface area (Å²) >= 11 is 0. The molecule has 1 heterocycles. The maximum Gasteiger partial charge on any atom is 0.123 e. The first-order chi connectivity index (χ1) is 7.16. The molecule has 0 amide bonds. The van der Waals surface area contributed by atoms with E-state index >= 15 is 0 Å². The Bertz CT molecular complexity index is 325. The molecule has 2 nitrogen and oxygen atoms in total. The SMILES string of the molecule is CC(c1ccc(F)cc1)N1CC[C@H](O)C1. The topological polar surface area (TPSA) is 23.5 Å². The normalized spacial score (nSPS) is 24.3. The smallest absolute Gasteiger partial charge is 0.123 e. The predicted octanol–water partition coefficient (Wildman–Crippen LogP) is 1.95.